The van der Waals surface area contributed by atoms with Gasteiger partial charge in [0.15, 0.2) is 23.9 Å². The number of nitrogens with one attached hydrogen (secondary N) is 1. The lowest BCUT2D eigenvalue weighted by atomic mass is 10.1. The van der Waals surface area contributed by atoms with Crippen LogP contribution in [0.3, 0.4) is 0 Å². The number of rotatable bonds is 11. The van der Waals surface area contributed by atoms with E-state index < -0.39 is 0 Å². The molecule has 1 N–H and O–H groups in total. The van der Waals surface area contributed by atoms with Crippen LogP contribution in [0.4, 0.5) is 5.69 Å². The maximum absolute atomic E-state index is 12.7. The van der Waals surface area contributed by atoms with Crippen LogP contribution in [-0.4, -0.2) is 24.9 Å². The molecule has 0 atom stereocenters. The Bertz CT molecular complexity index is 1330. The number of benzene rings is 3. The van der Waals surface area contributed by atoms with Crippen LogP contribution >= 0.6 is 11.3 Å². The molecule has 36 heavy (non-hydrogen) atoms. The minimum absolute atomic E-state index is 0.0461. The average molecular weight is 498 g/mol. The Balaban J connectivity index is 1.37. The molecule has 182 valence electrons. The van der Waals surface area contributed by atoms with Crippen LogP contribution in [0.15, 0.2) is 97.1 Å². The van der Waals surface area contributed by atoms with Gasteiger partial charge in [-0.3, -0.25) is 9.59 Å². The van der Waals surface area contributed by atoms with Crippen molar-refractivity contribution in [3.8, 4) is 11.5 Å². The average Bonchev–Trinajstić information content (AvgIpc) is 3.36. The minimum atomic E-state index is -0.263. The van der Waals surface area contributed by atoms with Crippen LogP contribution in [-0.2, 0) is 11.2 Å². The van der Waals surface area contributed by atoms with Gasteiger partial charge < -0.3 is 14.8 Å². The van der Waals surface area contributed by atoms with Crippen molar-refractivity contribution in [1.29, 1.82) is 0 Å². The van der Waals surface area contributed by atoms with Crippen LogP contribution in [0.2, 0.25) is 0 Å². The number of carbonyl (C=O) groups excluding carboxylic acids is 2. The zero-order chi connectivity index (χ0) is 25.2. The molecule has 0 aliphatic rings. The van der Waals surface area contributed by atoms with Gasteiger partial charge in [0.1, 0.15) is 0 Å². The third-order valence-corrected chi connectivity index (χ3v) is 6.34. The molecule has 3 aromatic carbocycles. The maximum atomic E-state index is 12.7. The first-order valence-electron chi connectivity index (χ1n) is 11.7. The van der Waals surface area contributed by atoms with Gasteiger partial charge in [-0.1, -0.05) is 60.7 Å². The highest BCUT2D eigenvalue weighted by atomic mass is 32.1. The third-order valence-electron chi connectivity index (χ3n) is 5.24. The highest BCUT2D eigenvalue weighted by molar-refractivity contribution is 7.14. The molecule has 0 radical (unpaired) electrons. The van der Waals surface area contributed by atoms with Crippen molar-refractivity contribution < 1.29 is 19.1 Å². The van der Waals surface area contributed by atoms with E-state index in [1.807, 2.05) is 73.7 Å². The van der Waals surface area contributed by atoms with Gasteiger partial charge in [-0.2, -0.15) is 0 Å². The van der Waals surface area contributed by atoms with Crippen molar-refractivity contribution in [2.75, 3.05) is 18.5 Å². The molecule has 1 aromatic heterocycles. The van der Waals surface area contributed by atoms with Crippen molar-refractivity contribution in [2.45, 2.75) is 13.3 Å². The number of carbonyl (C=O) groups is 2. The van der Waals surface area contributed by atoms with Gasteiger partial charge in [-0.05, 0) is 60.5 Å². The Kier molecular flexibility index (Phi) is 8.67. The van der Waals surface area contributed by atoms with Crippen LogP contribution in [0.5, 0.6) is 11.5 Å². The number of allylic oxidation sites excluding steroid dienone is 1. The molecule has 0 saturated carbocycles. The summed E-state index contributed by atoms with van der Waals surface area (Å²) in [4.78, 5) is 26.8. The Morgan fingerprint density at radius 1 is 0.861 bits per heavy atom. The Labute approximate surface area is 215 Å². The maximum Gasteiger partial charge on any atom is 0.262 e. The van der Waals surface area contributed by atoms with E-state index >= 15 is 0 Å². The Morgan fingerprint density at radius 2 is 1.61 bits per heavy atom. The predicted molar refractivity (Wildman–Crippen MR) is 145 cm³/mol. The molecule has 0 aliphatic carbocycles. The van der Waals surface area contributed by atoms with E-state index in [-0.39, 0.29) is 18.3 Å². The number of hydrogen-bond acceptors (Lipinski definition) is 5. The van der Waals surface area contributed by atoms with Gasteiger partial charge in [-0.25, -0.2) is 0 Å². The smallest absolute Gasteiger partial charge is 0.262 e. The molecule has 0 saturated heterocycles. The fourth-order valence-electron chi connectivity index (χ4n) is 3.53. The molecule has 0 fully saturated rings. The molecule has 0 spiro atoms. The summed E-state index contributed by atoms with van der Waals surface area (Å²) in [5, 5.41) is 2.79. The van der Waals surface area contributed by atoms with E-state index in [0.717, 1.165) is 16.9 Å². The quantitative estimate of drug-likeness (QED) is 0.186. The summed E-state index contributed by atoms with van der Waals surface area (Å²) >= 11 is 1.51. The molecule has 1 heterocycles. The molecule has 5 nitrogen and oxygen atoms in total. The van der Waals surface area contributed by atoms with Crippen molar-refractivity contribution in [3.05, 3.63) is 118 Å². The number of ether oxygens (including phenoxy) is 2. The molecular formula is C30H27NO4S. The normalized spacial score (nSPS) is 10.8. The lowest BCUT2D eigenvalue weighted by Gasteiger charge is -2.12. The molecule has 6 heteroatoms. The number of amides is 1. The number of thiophene rings is 1. The van der Waals surface area contributed by atoms with Gasteiger partial charge in [0.2, 0.25) is 0 Å². The summed E-state index contributed by atoms with van der Waals surface area (Å²) in [6, 6.07) is 28.7. The lowest BCUT2D eigenvalue weighted by molar-refractivity contribution is -0.118. The van der Waals surface area contributed by atoms with Crippen LogP contribution < -0.4 is 14.8 Å². The predicted octanol–water partition coefficient (Wildman–Crippen LogP) is 6.65. The van der Waals surface area contributed by atoms with Gasteiger partial charge in [-0.15, -0.1) is 11.3 Å². The number of para-hydroxylation sites is 1. The SMILES string of the molecule is CCOc1cc(/C=C/C(=O)c2ccc(Cc3ccccc3)s2)ccc1OCC(=O)Nc1ccccc1. The first-order valence-corrected chi connectivity index (χ1v) is 12.5. The summed E-state index contributed by atoms with van der Waals surface area (Å²) in [5.41, 5.74) is 2.73. The van der Waals surface area contributed by atoms with E-state index in [1.54, 1.807) is 24.3 Å². The fourth-order valence-corrected chi connectivity index (χ4v) is 4.50. The zero-order valence-electron chi connectivity index (χ0n) is 20.0. The van der Waals surface area contributed by atoms with E-state index in [2.05, 4.69) is 17.4 Å². The van der Waals surface area contributed by atoms with Crippen molar-refractivity contribution >= 4 is 34.8 Å². The van der Waals surface area contributed by atoms with E-state index in [9.17, 15) is 9.59 Å². The van der Waals surface area contributed by atoms with E-state index in [1.165, 1.54) is 16.9 Å². The second-order valence-electron chi connectivity index (χ2n) is 7.97. The van der Waals surface area contributed by atoms with Gasteiger partial charge in [0.25, 0.3) is 5.91 Å². The Hall–Kier alpha value is -4.16. The first kappa shape index (κ1) is 24.9. The van der Waals surface area contributed by atoms with Crippen molar-refractivity contribution in [1.82, 2.24) is 0 Å². The molecular weight excluding hydrogens is 470 g/mol. The molecule has 0 aliphatic heterocycles. The largest absolute Gasteiger partial charge is 0.490 e. The number of ketones is 1. The summed E-state index contributed by atoms with van der Waals surface area (Å²) in [6.45, 7) is 2.17. The van der Waals surface area contributed by atoms with Crippen molar-refractivity contribution in [3.63, 3.8) is 0 Å². The van der Waals surface area contributed by atoms with E-state index in [0.29, 0.717) is 28.7 Å². The van der Waals surface area contributed by atoms with Crippen molar-refractivity contribution in [2.24, 2.45) is 0 Å². The molecule has 4 rings (SSSR count). The van der Waals surface area contributed by atoms with E-state index in [4.69, 9.17) is 9.47 Å². The van der Waals surface area contributed by atoms with Gasteiger partial charge in [0, 0.05) is 17.0 Å². The molecule has 0 unspecified atom stereocenters. The molecule has 0 bridgehead atoms. The topological polar surface area (TPSA) is 64.6 Å². The number of hydrogen-bond donors (Lipinski definition) is 1. The lowest BCUT2D eigenvalue weighted by Crippen LogP contribution is -2.20. The summed E-state index contributed by atoms with van der Waals surface area (Å²) in [7, 11) is 0. The van der Waals surface area contributed by atoms with Crippen LogP contribution in [0.25, 0.3) is 6.08 Å². The molecule has 4 aromatic rings. The zero-order valence-corrected chi connectivity index (χ0v) is 20.8. The minimum Gasteiger partial charge on any atom is -0.490 e. The molecule has 1 amide bonds. The Morgan fingerprint density at radius 3 is 2.36 bits per heavy atom. The first-order chi connectivity index (χ1) is 17.6. The monoisotopic (exact) mass is 497 g/mol. The van der Waals surface area contributed by atoms with Gasteiger partial charge in [0.05, 0.1) is 11.5 Å². The van der Waals surface area contributed by atoms with Crippen LogP contribution in [0.1, 0.15) is 32.6 Å². The summed E-state index contributed by atoms with van der Waals surface area (Å²) in [5.74, 6) is 0.671. The van der Waals surface area contributed by atoms with Crippen LogP contribution in [0, 0.1) is 0 Å². The fraction of sp³-hybridized carbons (Fsp3) is 0.133. The number of anilines is 1. The highest BCUT2D eigenvalue weighted by Crippen LogP contribution is 2.29. The highest BCUT2D eigenvalue weighted by Gasteiger charge is 2.10. The standard InChI is InChI=1S/C30H27NO4S/c1-2-34-28-20-23(14-17-27(28)35-21-30(33)31-24-11-7-4-8-12-24)13-16-26(32)29-18-15-25(36-29)19-22-9-5-3-6-10-22/h3-18,20H,2,19,21H2,1H3,(H,31,33)/b16-13+. The summed E-state index contributed by atoms with van der Waals surface area (Å²) < 4.78 is 11.4. The third kappa shape index (κ3) is 7.17. The summed E-state index contributed by atoms with van der Waals surface area (Å²) in [6.07, 6.45) is 4.13. The second-order valence-corrected chi connectivity index (χ2v) is 9.14. The van der Waals surface area contributed by atoms with Gasteiger partial charge >= 0.3 is 0 Å². The second kappa shape index (κ2) is 12.5.